The van der Waals surface area contributed by atoms with Gasteiger partial charge in [0.15, 0.2) is 0 Å². The molecule has 0 radical (unpaired) electrons. The fourth-order valence-corrected chi connectivity index (χ4v) is 4.00. The van der Waals surface area contributed by atoms with Crippen molar-refractivity contribution in [3.05, 3.63) is 59.7 Å². The Balaban J connectivity index is 1.45. The molecule has 2 atom stereocenters. The third-order valence-electron chi connectivity index (χ3n) is 4.42. The van der Waals surface area contributed by atoms with Gasteiger partial charge in [-0.15, -0.1) is 11.8 Å². The Morgan fingerprint density at radius 1 is 1.27 bits per heavy atom. The lowest BCUT2D eigenvalue weighted by atomic mass is 9.89. The summed E-state index contributed by atoms with van der Waals surface area (Å²) >= 11 is 1.59. The molecule has 4 nitrogen and oxygen atoms in total. The quantitative estimate of drug-likeness (QED) is 0.717. The predicted molar refractivity (Wildman–Crippen MR) is 106 cm³/mol. The number of benzene rings is 2. The monoisotopic (exact) mass is 371 g/mol. The third-order valence-corrected chi connectivity index (χ3v) is 5.58. The number of thioether (sulfide) groups is 1. The number of amides is 1. The molecule has 0 fully saturated rings. The predicted octanol–water partition coefficient (Wildman–Crippen LogP) is 4.19. The Labute approximate surface area is 159 Å². The van der Waals surface area contributed by atoms with Crippen molar-refractivity contribution in [3.8, 4) is 0 Å². The molecule has 1 aliphatic carbocycles. The van der Waals surface area contributed by atoms with Crippen molar-refractivity contribution in [2.45, 2.75) is 43.3 Å². The summed E-state index contributed by atoms with van der Waals surface area (Å²) in [6.45, 7) is 1.83. The van der Waals surface area contributed by atoms with E-state index in [-0.39, 0.29) is 12.0 Å². The van der Waals surface area contributed by atoms with Gasteiger partial charge in [0.05, 0.1) is 18.8 Å². The second kappa shape index (κ2) is 9.21. The summed E-state index contributed by atoms with van der Waals surface area (Å²) in [4.78, 5) is 12.1. The summed E-state index contributed by atoms with van der Waals surface area (Å²) in [7, 11) is 0. The fraction of sp³-hybridized carbons (Fsp3) is 0.381. The van der Waals surface area contributed by atoms with Crippen LogP contribution in [0.4, 0.5) is 5.69 Å². The summed E-state index contributed by atoms with van der Waals surface area (Å²) in [6, 6.07) is 16.1. The SMILES string of the molecule is CC(=O)Nc1ccc(SC[C@H](O)CO[C@H]2CCCc3ccccc32)cc1. The maximum absolute atomic E-state index is 11.0. The molecule has 0 aromatic heterocycles. The summed E-state index contributed by atoms with van der Waals surface area (Å²) in [5, 5.41) is 13.0. The second-order valence-electron chi connectivity index (χ2n) is 6.58. The van der Waals surface area contributed by atoms with E-state index in [1.54, 1.807) is 11.8 Å². The van der Waals surface area contributed by atoms with Crippen LogP contribution in [0.25, 0.3) is 0 Å². The van der Waals surface area contributed by atoms with Crippen molar-refractivity contribution >= 4 is 23.4 Å². The van der Waals surface area contributed by atoms with E-state index in [2.05, 4.69) is 29.6 Å². The molecule has 0 saturated heterocycles. The molecule has 3 rings (SSSR count). The lowest BCUT2D eigenvalue weighted by Crippen LogP contribution is -2.22. The van der Waals surface area contributed by atoms with Crippen molar-refractivity contribution in [2.24, 2.45) is 0 Å². The number of anilines is 1. The van der Waals surface area contributed by atoms with Gasteiger partial charge in [-0.05, 0) is 54.7 Å². The van der Waals surface area contributed by atoms with E-state index in [0.717, 1.165) is 29.8 Å². The Bertz CT molecular complexity index is 732. The molecule has 5 heteroatoms. The van der Waals surface area contributed by atoms with Gasteiger partial charge < -0.3 is 15.2 Å². The van der Waals surface area contributed by atoms with Crippen LogP contribution < -0.4 is 5.32 Å². The summed E-state index contributed by atoms with van der Waals surface area (Å²) < 4.78 is 6.01. The fourth-order valence-electron chi connectivity index (χ4n) is 3.19. The first-order valence-corrected chi connectivity index (χ1v) is 9.98. The van der Waals surface area contributed by atoms with Crippen LogP contribution in [0.1, 0.15) is 37.0 Å². The molecular weight excluding hydrogens is 346 g/mol. The van der Waals surface area contributed by atoms with E-state index in [1.165, 1.54) is 18.1 Å². The maximum Gasteiger partial charge on any atom is 0.221 e. The minimum atomic E-state index is -0.510. The molecule has 1 aliphatic rings. The van der Waals surface area contributed by atoms with E-state index in [0.29, 0.717) is 12.4 Å². The number of hydrogen-bond donors (Lipinski definition) is 2. The highest BCUT2D eigenvalue weighted by Gasteiger charge is 2.21. The Kier molecular flexibility index (Phi) is 6.72. The van der Waals surface area contributed by atoms with Crippen molar-refractivity contribution < 1.29 is 14.6 Å². The minimum Gasteiger partial charge on any atom is -0.390 e. The lowest BCUT2D eigenvalue weighted by molar-refractivity contribution is -0.114. The van der Waals surface area contributed by atoms with Crippen LogP contribution in [0.5, 0.6) is 0 Å². The van der Waals surface area contributed by atoms with Crippen molar-refractivity contribution in [1.82, 2.24) is 0 Å². The first-order valence-electron chi connectivity index (χ1n) is 9.00. The highest BCUT2D eigenvalue weighted by molar-refractivity contribution is 7.99. The number of hydrogen-bond acceptors (Lipinski definition) is 4. The molecule has 2 aromatic carbocycles. The molecule has 0 spiro atoms. The van der Waals surface area contributed by atoms with Gasteiger partial charge >= 0.3 is 0 Å². The molecule has 138 valence electrons. The molecule has 0 unspecified atom stereocenters. The number of carbonyl (C=O) groups is 1. The van der Waals surface area contributed by atoms with E-state index >= 15 is 0 Å². The first kappa shape index (κ1) is 19.0. The summed E-state index contributed by atoms with van der Waals surface area (Å²) in [5.74, 6) is 0.496. The molecule has 0 aliphatic heterocycles. The largest absolute Gasteiger partial charge is 0.390 e. The average molecular weight is 372 g/mol. The average Bonchev–Trinajstić information content (AvgIpc) is 2.65. The lowest BCUT2D eigenvalue weighted by Gasteiger charge is -2.26. The van der Waals surface area contributed by atoms with Gasteiger partial charge in [0.25, 0.3) is 0 Å². The standard InChI is InChI=1S/C21H25NO3S/c1-15(23)22-17-9-11-19(12-10-17)26-14-18(24)13-25-21-8-4-6-16-5-2-3-7-20(16)21/h2-3,5,7,9-12,18,21,24H,4,6,8,13-14H2,1H3,(H,22,23)/t18-,21+/m1/s1. The normalized spacial score (nSPS) is 17.4. The number of nitrogens with one attached hydrogen (secondary N) is 1. The van der Waals surface area contributed by atoms with Crippen LogP contribution in [-0.4, -0.2) is 29.5 Å². The van der Waals surface area contributed by atoms with Crippen LogP contribution >= 0.6 is 11.8 Å². The highest BCUT2D eigenvalue weighted by atomic mass is 32.2. The second-order valence-corrected chi connectivity index (χ2v) is 7.68. The van der Waals surface area contributed by atoms with Gasteiger partial charge in [0.2, 0.25) is 5.91 Å². The highest BCUT2D eigenvalue weighted by Crippen LogP contribution is 2.32. The third kappa shape index (κ3) is 5.34. The van der Waals surface area contributed by atoms with Gasteiger partial charge in [0, 0.05) is 23.3 Å². The smallest absolute Gasteiger partial charge is 0.221 e. The van der Waals surface area contributed by atoms with Gasteiger partial charge in [-0.1, -0.05) is 24.3 Å². The number of carbonyl (C=O) groups excluding carboxylic acids is 1. The Morgan fingerprint density at radius 2 is 2.04 bits per heavy atom. The van der Waals surface area contributed by atoms with Gasteiger partial charge in [-0.2, -0.15) is 0 Å². The van der Waals surface area contributed by atoms with Crippen LogP contribution in [0.2, 0.25) is 0 Å². The molecule has 26 heavy (non-hydrogen) atoms. The number of aliphatic hydroxyl groups is 1. The number of aliphatic hydroxyl groups excluding tert-OH is 1. The molecule has 0 saturated carbocycles. The van der Waals surface area contributed by atoms with Gasteiger partial charge in [-0.3, -0.25) is 4.79 Å². The van der Waals surface area contributed by atoms with Gasteiger partial charge in [0.1, 0.15) is 0 Å². The maximum atomic E-state index is 11.0. The van der Waals surface area contributed by atoms with Crippen LogP contribution in [0.3, 0.4) is 0 Å². The molecule has 0 heterocycles. The molecular formula is C21H25NO3S. The number of aryl methyl sites for hydroxylation is 1. The topological polar surface area (TPSA) is 58.6 Å². The Hall–Kier alpha value is -1.82. The van der Waals surface area contributed by atoms with Crippen molar-refractivity contribution in [2.75, 3.05) is 17.7 Å². The number of fused-ring (bicyclic) bond motifs is 1. The zero-order valence-corrected chi connectivity index (χ0v) is 15.8. The minimum absolute atomic E-state index is 0.0812. The Morgan fingerprint density at radius 3 is 2.81 bits per heavy atom. The molecule has 1 amide bonds. The zero-order chi connectivity index (χ0) is 18.4. The van der Waals surface area contributed by atoms with E-state index in [1.807, 2.05) is 24.3 Å². The van der Waals surface area contributed by atoms with E-state index < -0.39 is 6.10 Å². The summed E-state index contributed by atoms with van der Waals surface area (Å²) in [6.07, 6.45) is 2.85. The van der Waals surface area contributed by atoms with Crippen molar-refractivity contribution in [1.29, 1.82) is 0 Å². The van der Waals surface area contributed by atoms with Crippen molar-refractivity contribution in [3.63, 3.8) is 0 Å². The molecule has 2 aromatic rings. The van der Waals surface area contributed by atoms with E-state index in [4.69, 9.17) is 4.74 Å². The number of ether oxygens (including phenoxy) is 1. The molecule has 2 N–H and O–H groups in total. The zero-order valence-electron chi connectivity index (χ0n) is 15.0. The van der Waals surface area contributed by atoms with Crippen LogP contribution in [0, 0.1) is 0 Å². The first-order chi connectivity index (χ1) is 12.6. The number of rotatable bonds is 7. The van der Waals surface area contributed by atoms with Gasteiger partial charge in [-0.25, -0.2) is 0 Å². The molecule has 0 bridgehead atoms. The van der Waals surface area contributed by atoms with Crippen LogP contribution in [0.15, 0.2) is 53.4 Å². The summed E-state index contributed by atoms with van der Waals surface area (Å²) in [5.41, 5.74) is 3.42. The van der Waals surface area contributed by atoms with Crippen LogP contribution in [-0.2, 0) is 16.0 Å². The van der Waals surface area contributed by atoms with E-state index in [9.17, 15) is 9.90 Å².